The van der Waals surface area contributed by atoms with Crippen LogP contribution in [0.3, 0.4) is 0 Å². The van der Waals surface area contributed by atoms with Gasteiger partial charge >= 0.3 is 0 Å². The van der Waals surface area contributed by atoms with Crippen molar-refractivity contribution in [2.45, 2.75) is 13.3 Å². The molecule has 2 N–H and O–H groups in total. The van der Waals surface area contributed by atoms with Crippen molar-refractivity contribution in [3.8, 4) is 11.5 Å². The van der Waals surface area contributed by atoms with Gasteiger partial charge in [0.1, 0.15) is 11.5 Å². The van der Waals surface area contributed by atoms with Gasteiger partial charge < -0.3 is 20.1 Å². The van der Waals surface area contributed by atoms with Crippen LogP contribution >= 0.6 is 11.6 Å². The van der Waals surface area contributed by atoms with Crippen molar-refractivity contribution in [2.24, 2.45) is 0 Å². The highest BCUT2D eigenvalue weighted by Gasteiger charge is 2.13. The Bertz CT molecular complexity index is 808. The largest absolute Gasteiger partial charge is 0.495 e. The average Bonchev–Trinajstić information content (AvgIpc) is 2.63. The lowest BCUT2D eigenvalue weighted by Gasteiger charge is -2.13. The standard InChI is InChI=1S/C19H21ClN2O4/c1-12-6-4-5-7-13(12)8-18(23)21-11-19(24)22-15-10-16(25-2)14(20)9-17(15)26-3/h4-7,9-10H,8,11H2,1-3H3,(H,21,23)(H,22,24). The Morgan fingerprint density at radius 2 is 1.73 bits per heavy atom. The molecule has 7 heteroatoms. The van der Waals surface area contributed by atoms with Gasteiger partial charge in [0, 0.05) is 12.1 Å². The number of carbonyl (C=O) groups is 2. The molecule has 2 rings (SSSR count). The smallest absolute Gasteiger partial charge is 0.243 e. The van der Waals surface area contributed by atoms with Crippen LogP contribution in [-0.4, -0.2) is 32.6 Å². The molecule has 0 aliphatic rings. The van der Waals surface area contributed by atoms with Gasteiger partial charge in [0.25, 0.3) is 0 Å². The highest BCUT2D eigenvalue weighted by molar-refractivity contribution is 6.32. The number of ether oxygens (including phenoxy) is 2. The zero-order valence-electron chi connectivity index (χ0n) is 14.9. The number of aryl methyl sites for hydroxylation is 1. The van der Waals surface area contributed by atoms with Gasteiger partial charge in [-0.15, -0.1) is 0 Å². The minimum absolute atomic E-state index is 0.154. The zero-order valence-corrected chi connectivity index (χ0v) is 15.6. The number of hydrogen-bond donors (Lipinski definition) is 2. The molecule has 0 aromatic heterocycles. The van der Waals surface area contributed by atoms with Gasteiger partial charge in [-0.25, -0.2) is 0 Å². The summed E-state index contributed by atoms with van der Waals surface area (Å²) in [5.41, 5.74) is 2.37. The van der Waals surface area contributed by atoms with E-state index in [-0.39, 0.29) is 24.8 Å². The molecule has 0 saturated heterocycles. The molecule has 0 aliphatic carbocycles. The van der Waals surface area contributed by atoms with Gasteiger partial charge in [-0.1, -0.05) is 35.9 Å². The molecule has 0 heterocycles. The summed E-state index contributed by atoms with van der Waals surface area (Å²) in [5.74, 6) is 0.197. The Morgan fingerprint density at radius 1 is 1.04 bits per heavy atom. The maximum Gasteiger partial charge on any atom is 0.243 e. The van der Waals surface area contributed by atoms with Gasteiger partial charge in [-0.05, 0) is 18.1 Å². The molecule has 0 bridgehead atoms. The topological polar surface area (TPSA) is 76.7 Å². The summed E-state index contributed by atoms with van der Waals surface area (Å²) in [6.45, 7) is 1.79. The van der Waals surface area contributed by atoms with E-state index in [1.165, 1.54) is 14.2 Å². The highest BCUT2D eigenvalue weighted by Crippen LogP contribution is 2.35. The Balaban J connectivity index is 1.94. The minimum atomic E-state index is -0.384. The maximum absolute atomic E-state index is 12.1. The second-order valence-electron chi connectivity index (χ2n) is 5.62. The second kappa shape index (κ2) is 9.10. The first-order valence-electron chi connectivity index (χ1n) is 7.97. The quantitative estimate of drug-likeness (QED) is 0.778. The van der Waals surface area contributed by atoms with E-state index in [0.29, 0.717) is 22.2 Å². The van der Waals surface area contributed by atoms with Gasteiger partial charge in [0.15, 0.2) is 0 Å². The number of anilines is 1. The molecule has 2 aromatic rings. The van der Waals surface area contributed by atoms with E-state index in [4.69, 9.17) is 21.1 Å². The third kappa shape index (κ3) is 5.13. The molecule has 0 unspecified atom stereocenters. The Kier molecular flexibility index (Phi) is 6.86. The highest BCUT2D eigenvalue weighted by atomic mass is 35.5. The fourth-order valence-corrected chi connectivity index (χ4v) is 2.61. The van der Waals surface area contributed by atoms with Crippen molar-refractivity contribution >= 4 is 29.1 Å². The van der Waals surface area contributed by atoms with E-state index >= 15 is 0 Å². The van der Waals surface area contributed by atoms with Crippen molar-refractivity contribution in [1.82, 2.24) is 5.32 Å². The summed E-state index contributed by atoms with van der Waals surface area (Å²) < 4.78 is 10.3. The molecule has 0 atom stereocenters. The number of halogens is 1. The molecule has 0 aliphatic heterocycles. The van der Waals surface area contributed by atoms with E-state index in [1.54, 1.807) is 12.1 Å². The fraction of sp³-hybridized carbons (Fsp3) is 0.263. The summed E-state index contributed by atoms with van der Waals surface area (Å²) in [5, 5.41) is 5.65. The van der Waals surface area contributed by atoms with E-state index in [1.807, 2.05) is 31.2 Å². The minimum Gasteiger partial charge on any atom is -0.495 e. The van der Waals surface area contributed by atoms with E-state index in [2.05, 4.69) is 10.6 Å². The van der Waals surface area contributed by atoms with Crippen LogP contribution in [0.25, 0.3) is 0 Å². The molecule has 6 nitrogen and oxygen atoms in total. The Morgan fingerprint density at radius 3 is 2.38 bits per heavy atom. The third-order valence-corrected chi connectivity index (χ3v) is 4.10. The number of rotatable bonds is 7. The van der Waals surface area contributed by atoms with Gasteiger partial charge in [0.2, 0.25) is 11.8 Å². The van der Waals surface area contributed by atoms with Crippen LogP contribution in [0.1, 0.15) is 11.1 Å². The van der Waals surface area contributed by atoms with Gasteiger partial charge in [-0.2, -0.15) is 0 Å². The van der Waals surface area contributed by atoms with Crippen LogP contribution in [0.4, 0.5) is 5.69 Å². The van der Waals surface area contributed by atoms with Crippen LogP contribution in [0, 0.1) is 6.92 Å². The number of nitrogens with one attached hydrogen (secondary N) is 2. The third-order valence-electron chi connectivity index (χ3n) is 3.81. The summed E-state index contributed by atoms with van der Waals surface area (Å²) in [7, 11) is 2.95. The molecular formula is C19H21ClN2O4. The van der Waals surface area contributed by atoms with Crippen molar-refractivity contribution < 1.29 is 19.1 Å². The zero-order chi connectivity index (χ0) is 19.1. The molecule has 0 saturated carbocycles. The van der Waals surface area contributed by atoms with Gasteiger partial charge in [-0.3, -0.25) is 9.59 Å². The number of carbonyl (C=O) groups excluding carboxylic acids is 2. The Hall–Kier alpha value is -2.73. The monoisotopic (exact) mass is 376 g/mol. The normalized spacial score (nSPS) is 10.2. The second-order valence-corrected chi connectivity index (χ2v) is 6.02. The number of benzene rings is 2. The Labute approximate surface area is 157 Å². The van der Waals surface area contributed by atoms with Crippen molar-refractivity contribution in [1.29, 1.82) is 0 Å². The number of hydrogen-bond acceptors (Lipinski definition) is 4. The summed E-state index contributed by atoms with van der Waals surface area (Å²) >= 11 is 6.03. The first-order valence-corrected chi connectivity index (χ1v) is 8.35. The van der Waals surface area contributed by atoms with Crippen molar-refractivity contribution in [3.63, 3.8) is 0 Å². The fourth-order valence-electron chi connectivity index (χ4n) is 2.38. The molecule has 2 amide bonds. The number of amides is 2. The van der Waals surface area contributed by atoms with Crippen LogP contribution in [0.15, 0.2) is 36.4 Å². The molecule has 26 heavy (non-hydrogen) atoms. The number of methoxy groups -OCH3 is 2. The molecule has 0 radical (unpaired) electrons. The SMILES string of the molecule is COc1cc(NC(=O)CNC(=O)Cc2ccccc2C)c(OC)cc1Cl. The summed E-state index contributed by atoms with van der Waals surface area (Å²) in [6.07, 6.45) is 0.220. The molecule has 0 spiro atoms. The van der Waals surface area contributed by atoms with Crippen LogP contribution in [0.2, 0.25) is 5.02 Å². The summed E-state index contributed by atoms with van der Waals surface area (Å²) in [4.78, 5) is 24.2. The first kappa shape index (κ1) is 19.6. The predicted molar refractivity (Wildman–Crippen MR) is 101 cm³/mol. The molecule has 0 fully saturated rings. The van der Waals surface area contributed by atoms with E-state index in [9.17, 15) is 9.59 Å². The lowest BCUT2D eigenvalue weighted by atomic mass is 10.1. The maximum atomic E-state index is 12.1. The van der Waals surface area contributed by atoms with Crippen molar-refractivity contribution in [3.05, 3.63) is 52.5 Å². The molecule has 2 aromatic carbocycles. The van der Waals surface area contributed by atoms with Gasteiger partial charge in [0.05, 0.1) is 37.9 Å². The van der Waals surface area contributed by atoms with E-state index < -0.39 is 0 Å². The lowest BCUT2D eigenvalue weighted by molar-refractivity contribution is -0.123. The molecule has 138 valence electrons. The summed E-state index contributed by atoms with van der Waals surface area (Å²) in [6, 6.07) is 10.7. The molecular weight excluding hydrogens is 356 g/mol. The van der Waals surface area contributed by atoms with Crippen LogP contribution in [0.5, 0.6) is 11.5 Å². The van der Waals surface area contributed by atoms with E-state index in [0.717, 1.165) is 11.1 Å². The van der Waals surface area contributed by atoms with Crippen molar-refractivity contribution in [2.75, 3.05) is 26.1 Å². The first-order chi connectivity index (χ1) is 12.4. The average molecular weight is 377 g/mol. The van der Waals surface area contributed by atoms with Crippen LogP contribution < -0.4 is 20.1 Å². The lowest BCUT2D eigenvalue weighted by Crippen LogP contribution is -2.34. The predicted octanol–water partition coefficient (Wildman–Crippen LogP) is 2.96. The van der Waals surface area contributed by atoms with Crippen LogP contribution in [-0.2, 0) is 16.0 Å².